The van der Waals surface area contributed by atoms with Crippen molar-refractivity contribution in [3.8, 4) is 0 Å². The van der Waals surface area contributed by atoms with E-state index < -0.39 is 135 Å². The molecule has 0 radical (unpaired) electrons. The number of nitrogens with one attached hydrogen (secondary N) is 4. The largest absolute Gasteiger partial charge is 0.345 e. The van der Waals surface area contributed by atoms with Gasteiger partial charge >= 0.3 is 0 Å². The Balaban J connectivity index is 3.53. The fourth-order valence-electron chi connectivity index (χ4n) is 6.68. The Morgan fingerprint density at radius 3 is 1.57 bits per heavy atom. The van der Waals surface area contributed by atoms with Gasteiger partial charge in [0.2, 0.25) is 65.0 Å². The number of carbonyl (C=O) groups is 11. The van der Waals surface area contributed by atoms with Gasteiger partial charge in [-0.05, 0) is 51.4 Å². The Morgan fingerprint density at radius 2 is 1.05 bits per heavy atom. The van der Waals surface area contributed by atoms with E-state index in [2.05, 4.69) is 21.3 Å². The fourth-order valence-corrected chi connectivity index (χ4v) is 6.68. The molecule has 1 heterocycles. The Labute approximate surface area is 383 Å². The predicted molar refractivity (Wildman–Crippen MR) is 240 cm³/mol. The van der Waals surface area contributed by atoms with Crippen LogP contribution in [-0.2, 0) is 52.7 Å². The van der Waals surface area contributed by atoms with Gasteiger partial charge in [0.05, 0.1) is 45.8 Å². The average molecular weight is 920 g/mol. The molecule has 5 atom stereocenters. The molecule has 1 fully saturated rings. The van der Waals surface area contributed by atoms with E-state index in [1.807, 2.05) is 39.8 Å². The second-order valence-corrected chi connectivity index (χ2v) is 17.2. The maximum Gasteiger partial charge on any atom is 0.245 e. The Kier molecular flexibility index (Phi) is 23.9. The van der Waals surface area contributed by atoms with Gasteiger partial charge in [-0.2, -0.15) is 0 Å². The van der Waals surface area contributed by atoms with Gasteiger partial charge in [-0.1, -0.05) is 39.8 Å². The molecule has 366 valence electrons. The summed E-state index contributed by atoms with van der Waals surface area (Å²) in [6.45, 7) is 7.12. The van der Waals surface area contributed by atoms with Crippen LogP contribution < -0.4 is 21.3 Å². The molecule has 65 heavy (non-hydrogen) atoms. The molecule has 3 unspecified atom stereocenters. The highest BCUT2D eigenvalue weighted by molar-refractivity contribution is 5.97. The van der Waals surface area contributed by atoms with Gasteiger partial charge in [0.1, 0.15) is 24.2 Å². The first kappa shape index (κ1) is 56.9. The van der Waals surface area contributed by atoms with E-state index in [-0.39, 0.29) is 31.1 Å². The number of rotatable bonds is 7. The minimum atomic E-state index is -1.14. The van der Waals surface area contributed by atoms with Crippen molar-refractivity contribution in [1.82, 2.24) is 55.6 Å². The van der Waals surface area contributed by atoms with Gasteiger partial charge < -0.3 is 55.6 Å². The highest BCUT2D eigenvalue weighted by Crippen LogP contribution is 2.18. The summed E-state index contributed by atoms with van der Waals surface area (Å²) in [7, 11) is 9.58. The summed E-state index contributed by atoms with van der Waals surface area (Å²) in [6, 6.07) is -4.36. The van der Waals surface area contributed by atoms with Crippen molar-refractivity contribution in [2.75, 3.05) is 95.1 Å². The van der Waals surface area contributed by atoms with Gasteiger partial charge in [0, 0.05) is 49.3 Å². The molecule has 0 aromatic carbocycles. The fraction of sp³-hybridized carbons (Fsp3) is 0.698. The molecule has 0 aromatic rings. The third-order valence-corrected chi connectivity index (χ3v) is 10.9. The van der Waals surface area contributed by atoms with Crippen molar-refractivity contribution < 1.29 is 52.7 Å². The standard InChI is InChI=1S/C43H73N11O11/c1-14-16-17-28(5)19-31-40(62)47-30(15-2)42(64)51(10)24-37(59)49(8)23-35(57)45-21-36(58)48(7)22-34(56)44-20-33(55)46-29(6)41(63)54(13)32(18-27(3)4)43(65)52(11)25-38(60)50(9)26-39(61)53(31)12/h14,16,27-32H,15,17-26H2,1-13H3,(H,44,56)(H,45,57)(H,46,55)(H,47,62)/b16-14+/t28?,29-,30?,31?,32+/m1/s1. The van der Waals surface area contributed by atoms with Gasteiger partial charge in [0.15, 0.2) is 0 Å². The molecule has 1 aliphatic heterocycles. The van der Waals surface area contributed by atoms with Crippen LogP contribution in [-0.4, -0.2) is 219 Å². The Bertz CT molecular complexity index is 1770. The zero-order valence-electron chi connectivity index (χ0n) is 40.5. The molecule has 4 N–H and O–H groups in total. The van der Waals surface area contributed by atoms with Crippen LogP contribution in [0.1, 0.15) is 67.2 Å². The van der Waals surface area contributed by atoms with Gasteiger partial charge in [-0.3, -0.25) is 52.7 Å². The van der Waals surface area contributed by atoms with Gasteiger partial charge in [-0.15, -0.1) is 0 Å². The molecule has 1 rings (SSSR count). The van der Waals surface area contributed by atoms with E-state index >= 15 is 0 Å². The van der Waals surface area contributed by atoms with Crippen molar-refractivity contribution in [3.63, 3.8) is 0 Å². The molecule has 1 saturated heterocycles. The smallest absolute Gasteiger partial charge is 0.245 e. The molecular weight excluding hydrogens is 847 g/mol. The Hall–Kier alpha value is -6.09. The SMILES string of the molecule is C/C=C/CC(C)CC1C(=O)NC(CC)C(=O)N(C)CC(=O)N(C)CC(=O)NCC(=O)N(C)CC(=O)NCC(=O)N[C@H](C)C(=O)N(C)[C@@H](CC(C)C)C(=O)N(C)CC(=O)N(C)CC(=O)N1C. The average Bonchev–Trinajstić information content (AvgIpc) is 3.24. The number of nitrogens with zero attached hydrogens (tertiary/aromatic N) is 7. The number of hydrogen-bond acceptors (Lipinski definition) is 11. The lowest BCUT2D eigenvalue weighted by Crippen LogP contribution is -2.56. The van der Waals surface area contributed by atoms with Crippen LogP contribution in [0.2, 0.25) is 0 Å². The quantitative estimate of drug-likeness (QED) is 0.196. The second kappa shape index (κ2) is 27.3. The maximum absolute atomic E-state index is 14.0. The molecule has 0 aromatic heterocycles. The van der Waals surface area contributed by atoms with Crippen LogP contribution >= 0.6 is 0 Å². The molecule has 0 spiro atoms. The lowest BCUT2D eigenvalue weighted by Gasteiger charge is -2.34. The summed E-state index contributed by atoms with van der Waals surface area (Å²) in [4.78, 5) is 154. The molecule has 22 heteroatoms. The third-order valence-electron chi connectivity index (χ3n) is 10.9. The van der Waals surface area contributed by atoms with E-state index in [0.29, 0.717) is 6.42 Å². The number of carbonyl (C=O) groups excluding carboxylic acids is 11. The molecule has 0 saturated carbocycles. The van der Waals surface area contributed by atoms with Crippen LogP contribution in [0.5, 0.6) is 0 Å². The molecule has 0 aliphatic carbocycles. The molecule has 11 amide bonds. The van der Waals surface area contributed by atoms with E-state index in [1.165, 1.54) is 66.1 Å². The predicted octanol–water partition coefficient (Wildman–Crippen LogP) is -2.38. The first-order chi connectivity index (χ1) is 30.2. The first-order valence-electron chi connectivity index (χ1n) is 21.7. The minimum absolute atomic E-state index is 0.0785. The lowest BCUT2D eigenvalue weighted by molar-refractivity contribution is -0.149. The number of likely N-dealkylation sites (N-methyl/N-ethyl adjacent to an activating group) is 7. The third kappa shape index (κ3) is 18.9. The normalized spacial score (nSPS) is 23.6. The number of hydrogen-bond donors (Lipinski definition) is 4. The van der Waals surface area contributed by atoms with Crippen molar-refractivity contribution in [2.45, 2.75) is 91.4 Å². The summed E-state index contributed by atoms with van der Waals surface area (Å²) in [5.41, 5.74) is 0. The van der Waals surface area contributed by atoms with Crippen molar-refractivity contribution in [1.29, 1.82) is 0 Å². The first-order valence-corrected chi connectivity index (χ1v) is 21.7. The zero-order valence-corrected chi connectivity index (χ0v) is 40.5. The van der Waals surface area contributed by atoms with Crippen LogP contribution in [0.25, 0.3) is 0 Å². The summed E-state index contributed by atoms with van der Waals surface area (Å²) >= 11 is 0. The molecule has 22 nitrogen and oxygen atoms in total. The maximum atomic E-state index is 14.0. The molecule has 1 aliphatic rings. The van der Waals surface area contributed by atoms with Crippen LogP contribution in [0.3, 0.4) is 0 Å². The highest BCUT2D eigenvalue weighted by atomic mass is 16.2. The Morgan fingerprint density at radius 1 is 0.554 bits per heavy atom. The summed E-state index contributed by atoms with van der Waals surface area (Å²) in [5.74, 6) is -7.25. The van der Waals surface area contributed by atoms with E-state index in [9.17, 15) is 52.7 Å². The lowest BCUT2D eigenvalue weighted by atomic mass is 9.96. The van der Waals surface area contributed by atoms with E-state index in [1.54, 1.807) is 6.92 Å². The monoisotopic (exact) mass is 920 g/mol. The number of allylic oxidation sites excluding steroid dienone is 2. The van der Waals surface area contributed by atoms with Crippen molar-refractivity contribution >= 4 is 65.0 Å². The highest BCUT2D eigenvalue weighted by Gasteiger charge is 2.36. The van der Waals surface area contributed by atoms with Gasteiger partial charge in [0.25, 0.3) is 0 Å². The van der Waals surface area contributed by atoms with Gasteiger partial charge in [-0.25, -0.2) is 0 Å². The second-order valence-electron chi connectivity index (χ2n) is 17.2. The van der Waals surface area contributed by atoms with Crippen molar-refractivity contribution in [3.05, 3.63) is 12.2 Å². The minimum Gasteiger partial charge on any atom is -0.345 e. The summed E-state index contributed by atoms with van der Waals surface area (Å²) in [6.07, 6.45) is 4.91. The van der Waals surface area contributed by atoms with E-state index in [4.69, 9.17) is 0 Å². The van der Waals surface area contributed by atoms with Crippen LogP contribution in [0, 0.1) is 11.8 Å². The van der Waals surface area contributed by atoms with Crippen molar-refractivity contribution in [2.24, 2.45) is 11.8 Å². The zero-order chi connectivity index (χ0) is 49.9. The summed E-state index contributed by atoms with van der Waals surface area (Å²) in [5, 5.41) is 9.96. The van der Waals surface area contributed by atoms with E-state index in [0.717, 1.165) is 24.5 Å². The summed E-state index contributed by atoms with van der Waals surface area (Å²) < 4.78 is 0. The topological polar surface area (TPSA) is 259 Å². The number of amides is 11. The molecular formula is C43H73N11O11. The van der Waals surface area contributed by atoms with Crippen LogP contribution in [0.15, 0.2) is 12.2 Å². The molecule has 0 bridgehead atoms. The van der Waals surface area contributed by atoms with Crippen LogP contribution in [0.4, 0.5) is 0 Å².